The van der Waals surface area contributed by atoms with Gasteiger partial charge in [-0.2, -0.15) is 5.26 Å². The number of nitrogens with one attached hydrogen (secondary N) is 1. The van der Waals surface area contributed by atoms with Gasteiger partial charge in [-0.15, -0.1) is 0 Å². The van der Waals surface area contributed by atoms with Gasteiger partial charge in [-0.3, -0.25) is 9.69 Å². The number of benzene rings is 2. The highest BCUT2D eigenvalue weighted by molar-refractivity contribution is 5.92. The minimum absolute atomic E-state index is 0.00346. The summed E-state index contributed by atoms with van der Waals surface area (Å²) in [6, 6.07) is 16.2. The van der Waals surface area contributed by atoms with Crippen molar-refractivity contribution in [2.75, 3.05) is 18.4 Å². The van der Waals surface area contributed by atoms with Gasteiger partial charge in [-0.25, -0.2) is 4.39 Å². The minimum atomic E-state index is -0.198. The van der Waals surface area contributed by atoms with Crippen molar-refractivity contribution in [3.8, 4) is 6.07 Å². The molecule has 3 rings (SSSR count). The van der Waals surface area contributed by atoms with E-state index in [2.05, 4.69) is 16.3 Å². The number of amides is 1. The van der Waals surface area contributed by atoms with E-state index in [9.17, 15) is 9.18 Å². The summed E-state index contributed by atoms with van der Waals surface area (Å²) in [5.74, 6) is -0.304. The van der Waals surface area contributed by atoms with Crippen molar-refractivity contribution in [1.29, 1.82) is 5.26 Å². The van der Waals surface area contributed by atoms with Crippen LogP contribution >= 0.6 is 0 Å². The van der Waals surface area contributed by atoms with Gasteiger partial charge in [0.25, 0.3) is 0 Å². The number of hydrogen-bond donors (Lipinski definition) is 1. The third kappa shape index (κ3) is 4.68. The van der Waals surface area contributed by atoms with E-state index in [0.29, 0.717) is 25.1 Å². The van der Waals surface area contributed by atoms with Gasteiger partial charge in [0.05, 0.1) is 18.4 Å². The number of halogens is 1. The molecule has 2 aromatic carbocycles. The summed E-state index contributed by atoms with van der Waals surface area (Å²) in [6.45, 7) is 2.03. The zero-order valence-electron chi connectivity index (χ0n) is 14.6. The molecular weight excluding hydrogens is 329 g/mol. The summed E-state index contributed by atoms with van der Waals surface area (Å²) in [5.41, 5.74) is 2.34. The fourth-order valence-electron chi connectivity index (χ4n) is 3.32. The Labute approximate surface area is 153 Å². The smallest absolute Gasteiger partial charge is 0.228 e. The van der Waals surface area contributed by atoms with E-state index >= 15 is 0 Å². The summed E-state index contributed by atoms with van der Waals surface area (Å²) in [4.78, 5) is 14.7. The van der Waals surface area contributed by atoms with Crippen LogP contribution in [0.25, 0.3) is 0 Å². The number of carbonyl (C=O) groups excluding carboxylic acids is 1. The second-order valence-electron chi connectivity index (χ2n) is 6.69. The van der Waals surface area contributed by atoms with Gasteiger partial charge < -0.3 is 5.32 Å². The van der Waals surface area contributed by atoms with Gasteiger partial charge in [-0.1, -0.05) is 30.3 Å². The second kappa shape index (κ2) is 8.59. The van der Waals surface area contributed by atoms with Crippen molar-refractivity contribution < 1.29 is 9.18 Å². The molecule has 1 N–H and O–H groups in total. The van der Waals surface area contributed by atoms with Crippen LogP contribution in [0.5, 0.6) is 0 Å². The molecule has 0 saturated carbocycles. The Balaban J connectivity index is 1.57. The van der Waals surface area contributed by atoms with Crippen LogP contribution in [0, 0.1) is 23.1 Å². The lowest BCUT2D eigenvalue weighted by Gasteiger charge is -2.32. The van der Waals surface area contributed by atoms with Crippen LogP contribution in [0.1, 0.15) is 24.0 Å². The summed E-state index contributed by atoms with van der Waals surface area (Å²) in [6.07, 6.45) is 2.13. The number of nitrogens with zero attached hydrogens (tertiary/aromatic N) is 2. The molecule has 1 amide bonds. The molecule has 1 atom stereocenters. The van der Waals surface area contributed by atoms with Gasteiger partial charge in [0, 0.05) is 24.3 Å². The Bertz CT molecular complexity index is 798. The Kier molecular flexibility index (Phi) is 5.98. The SMILES string of the molecule is N#CCc1ccc(NC(=O)C2CCCN(Cc3ccccc3F)C2)cc1. The molecule has 134 valence electrons. The van der Waals surface area contributed by atoms with Crippen LogP contribution in [0.15, 0.2) is 48.5 Å². The second-order valence-corrected chi connectivity index (χ2v) is 6.69. The van der Waals surface area contributed by atoms with E-state index < -0.39 is 0 Å². The molecule has 5 heteroatoms. The topological polar surface area (TPSA) is 56.1 Å². The maximum absolute atomic E-state index is 13.8. The van der Waals surface area contributed by atoms with E-state index in [1.165, 1.54) is 6.07 Å². The lowest BCUT2D eigenvalue weighted by atomic mass is 9.96. The molecule has 1 unspecified atom stereocenters. The number of anilines is 1. The molecule has 1 aliphatic heterocycles. The average molecular weight is 351 g/mol. The first-order valence-corrected chi connectivity index (χ1v) is 8.88. The molecule has 1 heterocycles. The monoisotopic (exact) mass is 351 g/mol. The van der Waals surface area contributed by atoms with Crippen molar-refractivity contribution in [3.63, 3.8) is 0 Å². The minimum Gasteiger partial charge on any atom is -0.326 e. The number of piperidine rings is 1. The first-order chi connectivity index (χ1) is 12.7. The normalized spacial score (nSPS) is 17.5. The van der Waals surface area contributed by atoms with Crippen molar-refractivity contribution in [2.24, 2.45) is 5.92 Å². The summed E-state index contributed by atoms with van der Waals surface area (Å²) >= 11 is 0. The number of likely N-dealkylation sites (tertiary alicyclic amines) is 1. The number of rotatable bonds is 5. The number of hydrogen-bond acceptors (Lipinski definition) is 3. The lowest BCUT2D eigenvalue weighted by molar-refractivity contribution is -0.121. The Morgan fingerprint density at radius 3 is 2.73 bits per heavy atom. The lowest BCUT2D eigenvalue weighted by Crippen LogP contribution is -2.40. The molecular formula is C21H22FN3O. The molecule has 2 aromatic rings. The Hall–Kier alpha value is -2.71. The largest absolute Gasteiger partial charge is 0.326 e. The maximum atomic E-state index is 13.8. The van der Waals surface area contributed by atoms with Gasteiger partial charge in [0.2, 0.25) is 5.91 Å². The van der Waals surface area contributed by atoms with E-state index in [0.717, 1.165) is 30.6 Å². The maximum Gasteiger partial charge on any atom is 0.228 e. The van der Waals surface area contributed by atoms with E-state index in [4.69, 9.17) is 5.26 Å². The number of carbonyl (C=O) groups is 1. The van der Waals surface area contributed by atoms with Crippen LogP contribution in [-0.4, -0.2) is 23.9 Å². The van der Waals surface area contributed by atoms with Crippen LogP contribution in [-0.2, 0) is 17.8 Å². The third-order valence-corrected chi connectivity index (χ3v) is 4.73. The van der Waals surface area contributed by atoms with Crippen LogP contribution in [0.4, 0.5) is 10.1 Å². The molecule has 26 heavy (non-hydrogen) atoms. The van der Waals surface area contributed by atoms with Crippen molar-refractivity contribution in [3.05, 3.63) is 65.5 Å². The highest BCUT2D eigenvalue weighted by Gasteiger charge is 2.26. The number of nitriles is 1. The molecule has 0 spiro atoms. The van der Waals surface area contributed by atoms with Crippen LogP contribution < -0.4 is 5.32 Å². The zero-order valence-corrected chi connectivity index (χ0v) is 14.6. The fraction of sp³-hybridized carbons (Fsp3) is 0.333. The molecule has 0 bridgehead atoms. The molecule has 0 radical (unpaired) electrons. The van der Waals surface area contributed by atoms with Crippen LogP contribution in [0.3, 0.4) is 0 Å². The fourth-order valence-corrected chi connectivity index (χ4v) is 3.32. The summed E-state index contributed by atoms with van der Waals surface area (Å²) < 4.78 is 13.8. The third-order valence-electron chi connectivity index (χ3n) is 4.73. The van der Waals surface area contributed by atoms with Crippen molar-refractivity contribution in [1.82, 2.24) is 4.90 Å². The molecule has 1 aliphatic rings. The predicted octanol–water partition coefficient (Wildman–Crippen LogP) is 3.74. The van der Waals surface area contributed by atoms with Gasteiger partial charge in [0.1, 0.15) is 5.82 Å². The van der Waals surface area contributed by atoms with Crippen molar-refractivity contribution in [2.45, 2.75) is 25.8 Å². The standard InChI is InChI=1S/C21H22FN3O/c22-20-6-2-1-4-17(20)14-25-13-3-5-18(15-25)21(26)24-19-9-7-16(8-10-19)11-12-23/h1-2,4,6-10,18H,3,5,11,13-15H2,(H,24,26). The molecule has 1 saturated heterocycles. The quantitative estimate of drug-likeness (QED) is 0.893. The highest BCUT2D eigenvalue weighted by Crippen LogP contribution is 2.21. The summed E-state index contributed by atoms with van der Waals surface area (Å²) in [5, 5.41) is 11.7. The zero-order chi connectivity index (χ0) is 18.4. The van der Waals surface area contributed by atoms with E-state index in [-0.39, 0.29) is 17.6 Å². The average Bonchev–Trinajstić information content (AvgIpc) is 2.66. The van der Waals surface area contributed by atoms with Gasteiger partial charge in [-0.05, 0) is 43.1 Å². The van der Waals surface area contributed by atoms with Gasteiger partial charge >= 0.3 is 0 Å². The highest BCUT2D eigenvalue weighted by atomic mass is 19.1. The van der Waals surface area contributed by atoms with Crippen LogP contribution in [0.2, 0.25) is 0 Å². The van der Waals surface area contributed by atoms with Crippen molar-refractivity contribution >= 4 is 11.6 Å². The predicted molar refractivity (Wildman–Crippen MR) is 98.8 cm³/mol. The first kappa shape index (κ1) is 18.1. The molecule has 4 nitrogen and oxygen atoms in total. The Morgan fingerprint density at radius 2 is 2.00 bits per heavy atom. The molecule has 1 fully saturated rings. The first-order valence-electron chi connectivity index (χ1n) is 8.88. The van der Waals surface area contributed by atoms with Gasteiger partial charge in [0.15, 0.2) is 0 Å². The van der Waals surface area contributed by atoms with E-state index in [1.807, 2.05) is 30.3 Å². The molecule has 0 aromatic heterocycles. The summed E-state index contributed by atoms with van der Waals surface area (Å²) in [7, 11) is 0. The van der Waals surface area contributed by atoms with E-state index in [1.54, 1.807) is 12.1 Å². The Morgan fingerprint density at radius 1 is 1.23 bits per heavy atom. The molecule has 0 aliphatic carbocycles.